The van der Waals surface area contributed by atoms with Gasteiger partial charge < -0.3 is 14.6 Å². The van der Waals surface area contributed by atoms with Crippen molar-refractivity contribution in [3.63, 3.8) is 0 Å². The highest BCUT2D eigenvalue weighted by atomic mass is 16.5. The molecule has 0 saturated heterocycles. The molecule has 2 amide bonds. The van der Waals surface area contributed by atoms with Gasteiger partial charge in [-0.05, 0) is 50.6 Å². The minimum Gasteiger partial charge on any atom is -0.494 e. The van der Waals surface area contributed by atoms with Crippen molar-refractivity contribution < 1.29 is 14.1 Å². The van der Waals surface area contributed by atoms with Crippen LogP contribution in [0.2, 0.25) is 0 Å². The first-order valence-electron chi connectivity index (χ1n) is 10.6. The molecule has 0 saturated carbocycles. The van der Waals surface area contributed by atoms with Gasteiger partial charge in [0.1, 0.15) is 5.75 Å². The zero-order chi connectivity index (χ0) is 22.7. The number of aryl methyl sites for hydroxylation is 1. The van der Waals surface area contributed by atoms with E-state index >= 15 is 0 Å². The Morgan fingerprint density at radius 2 is 1.88 bits per heavy atom. The number of nitrogens with zero attached hydrogens (tertiary/aromatic N) is 3. The Morgan fingerprint density at radius 1 is 1.16 bits per heavy atom. The van der Waals surface area contributed by atoms with Crippen molar-refractivity contribution in [3.05, 3.63) is 83.9 Å². The van der Waals surface area contributed by atoms with Crippen molar-refractivity contribution in [3.8, 4) is 17.1 Å². The van der Waals surface area contributed by atoms with E-state index in [9.17, 15) is 4.79 Å². The van der Waals surface area contributed by atoms with Crippen LogP contribution in [0.25, 0.3) is 17.0 Å². The van der Waals surface area contributed by atoms with Crippen molar-refractivity contribution in [1.82, 2.24) is 20.4 Å². The number of benzene rings is 2. The molecule has 4 rings (SSSR count). The average molecular weight is 431 g/mol. The van der Waals surface area contributed by atoms with E-state index in [1.165, 1.54) is 0 Å². The van der Waals surface area contributed by atoms with Crippen LogP contribution in [0.5, 0.6) is 5.75 Å². The van der Waals surface area contributed by atoms with E-state index in [0.29, 0.717) is 24.9 Å². The summed E-state index contributed by atoms with van der Waals surface area (Å²) in [7, 11) is 0. The van der Waals surface area contributed by atoms with Gasteiger partial charge in [0.05, 0.1) is 18.2 Å². The second-order valence-corrected chi connectivity index (χ2v) is 7.57. The molecule has 3 aromatic rings. The topological polar surface area (TPSA) is 80.5 Å². The summed E-state index contributed by atoms with van der Waals surface area (Å²) in [6.07, 6.45) is 1.69. The van der Waals surface area contributed by atoms with Crippen LogP contribution in [0.4, 0.5) is 4.79 Å². The maximum absolute atomic E-state index is 12.8. The number of carbonyl (C=O) groups excluding carboxylic acids is 1. The van der Waals surface area contributed by atoms with Gasteiger partial charge in [-0.25, -0.2) is 4.79 Å². The molecule has 164 valence electrons. The molecule has 1 N–H and O–H groups in total. The summed E-state index contributed by atoms with van der Waals surface area (Å²) in [6.45, 7) is 10.6. The number of rotatable bonds is 7. The highest BCUT2D eigenvalue weighted by Crippen LogP contribution is 2.37. The van der Waals surface area contributed by atoms with Crippen molar-refractivity contribution in [2.45, 2.75) is 26.8 Å². The summed E-state index contributed by atoms with van der Waals surface area (Å²) >= 11 is 0. The van der Waals surface area contributed by atoms with Gasteiger partial charge in [-0.2, -0.15) is 4.98 Å². The molecule has 1 atom stereocenters. The second-order valence-electron chi connectivity index (χ2n) is 7.57. The number of urea groups is 1. The number of amides is 2. The van der Waals surface area contributed by atoms with Crippen molar-refractivity contribution in [2.75, 3.05) is 13.2 Å². The fraction of sp³-hybridized carbons (Fsp3) is 0.240. The average Bonchev–Trinajstić information content (AvgIpc) is 3.27. The van der Waals surface area contributed by atoms with Crippen molar-refractivity contribution in [2.24, 2.45) is 0 Å². The van der Waals surface area contributed by atoms with E-state index in [0.717, 1.165) is 33.7 Å². The number of carbonyl (C=O) groups is 1. The standard InChI is InChI=1S/C25H26N4O3/c1-5-15-29-17(4)21(22(26-25(29)30)18-9-7-16(3)8-10-18)24-27-23(28-32-24)19-11-13-20(14-12-19)31-6-2/h5,7-14,22H,1,6,15H2,2-4H3,(H,26,30). The second kappa shape index (κ2) is 9.09. The van der Waals surface area contributed by atoms with E-state index in [1.54, 1.807) is 11.0 Å². The molecule has 0 bridgehead atoms. The molecule has 1 aliphatic rings. The van der Waals surface area contributed by atoms with Crippen LogP contribution in [0.15, 0.2) is 71.4 Å². The van der Waals surface area contributed by atoms with Gasteiger partial charge >= 0.3 is 6.03 Å². The number of ether oxygens (including phenoxy) is 1. The molecule has 0 fully saturated rings. The lowest BCUT2D eigenvalue weighted by Crippen LogP contribution is -2.46. The number of aromatic nitrogens is 2. The molecule has 7 heteroatoms. The predicted octanol–water partition coefficient (Wildman–Crippen LogP) is 5.13. The predicted molar refractivity (Wildman–Crippen MR) is 123 cm³/mol. The third-order valence-corrected chi connectivity index (χ3v) is 5.40. The Kier molecular flexibility index (Phi) is 6.07. The summed E-state index contributed by atoms with van der Waals surface area (Å²) in [6, 6.07) is 15.0. The quantitative estimate of drug-likeness (QED) is 0.526. The Hall–Kier alpha value is -3.87. The highest BCUT2D eigenvalue weighted by Gasteiger charge is 2.35. The molecule has 2 aromatic carbocycles. The van der Waals surface area contributed by atoms with Gasteiger partial charge in [-0.15, -0.1) is 6.58 Å². The Bertz CT molecular complexity index is 1150. The first-order valence-corrected chi connectivity index (χ1v) is 10.6. The minimum atomic E-state index is -0.405. The van der Waals surface area contributed by atoms with Gasteiger partial charge in [0.2, 0.25) is 5.82 Å². The fourth-order valence-electron chi connectivity index (χ4n) is 3.73. The summed E-state index contributed by atoms with van der Waals surface area (Å²) in [5, 5.41) is 7.27. The molecule has 1 unspecified atom stereocenters. The third kappa shape index (κ3) is 4.14. The SMILES string of the molecule is C=CCN1C(=O)NC(c2ccc(C)cc2)C(c2nc(-c3ccc(OCC)cc3)no2)=C1C. The van der Waals surface area contributed by atoms with Crippen molar-refractivity contribution >= 4 is 11.6 Å². The van der Waals surface area contributed by atoms with Gasteiger partial charge in [-0.1, -0.05) is 41.1 Å². The summed E-state index contributed by atoms with van der Waals surface area (Å²) < 4.78 is 11.2. The molecule has 1 aromatic heterocycles. The van der Waals surface area contributed by atoms with Gasteiger partial charge in [0.25, 0.3) is 5.89 Å². The van der Waals surface area contributed by atoms with Crippen LogP contribution >= 0.6 is 0 Å². The molecule has 0 spiro atoms. The Balaban J connectivity index is 1.75. The summed E-state index contributed by atoms with van der Waals surface area (Å²) in [5.74, 6) is 1.62. The molecular formula is C25H26N4O3. The fourth-order valence-corrected chi connectivity index (χ4v) is 3.73. The lowest BCUT2D eigenvalue weighted by molar-refractivity contribution is 0.209. The molecule has 0 radical (unpaired) electrons. The number of allylic oxidation sites excluding steroid dienone is 1. The first-order chi connectivity index (χ1) is 15.5. The van der Waals surface area contributed by atoms with Crippen molar-refractivity contribution in [1.29, 1.82) is 0 Å². The van der Waals surface area contributed by atoms with Crippen LogP contribution in [-0.2, 0) is 0 Å². The maximum atomic E-state index is 12.8. The molecule has 2 heterocycles. The zero-order valence-electron chi connectivity index (χ0n) is 18.5. The maximum Gasteiger partial charge on any atom is 0.322 e. The number of hydrogen-bond acceptors (Lipinski definition) is 5. The van der Waals surface area contributed by atoms with E-state index in [2.05, 4.69) is 22.0 Å². The van der Waals surface area contributed by atoms with Gasteiger partial charge in [0, 0.05) is 17.8 Å². The molecule has 0 aliphatic carbocycles. The molecule has 7 nitrogen and oxygen atoms in total. The van der Waals surface area contributed by atoms with E-state index in [-0.39, 0.29) is 6.03 Å². The number of hydrogen-bond donors (Lipinski definition) is 1. The monoisotopic (exact) mass is 430 g/mol. The van der Waals surface area contributed by atoms with E-state index in [4.69, 9.17) is 9.26 Å². The molecular weight excluding hydrogens is 404 g/mol. The smallest absolute Gasteiger partial charge is 0.322 e. The lowest BCUT2D eigenvalue weighted by atomic mass is 9.94. The largest absolute Gasteiger partial charge is 0.494 e. The van der Waals surface area contributed by atoms with Crippen LogP contribution in [-0.4, -0.2) is 34.2 Å². The van der Waals surface area contributed by atoms with Gasteiger partial charge in [-0.3, -0.25) is 4.90 Å². The summed E-state index contributed by atoms with van der Waals surface area (Å²) in [4.78, 5) is 19.1. The lowest BCUT2D eigenvalue weighted by Gasteiger charge is -2.34. The first kappa shape index (κ1) is 21.4. The van der Waals surface area contributed by atoms with Crippen LogP contribution < -0.4 is 10.1 Å². The van der Waals surface area contributed by atoms with Gasteiger partial charge in [0.15, 0.2) is 0 Å². The van der Waals surface area contributed by atoms with Crippen LogP contribution in [0, 0.1) is 6.92 Å². The van der Waals surface area contributed by atoms with Crippen LogP contribution in [0.1, 0.15) is 36.9 Å². The molecule has 32 heavy (non-hydrogen) atoms. The Morgan fingerprint density at radius 3 is 2.53 bits per heavy atom. The third-order valence-electron chi connectivity index (χ3n) is 5.40. The minimum absolute atomic E-state index is 0.192. The molecule has 1 aliphatic heterocycles. The zero-order valence-corrected chi connectivity index (χ0v) is 18.5. The van der Waals surface area contributed by atoms with Crippen LogP contribution in [0.3, 0.4) is 0 Å². The Labute approximate surface area is 187 Å². The number of nitrogens with one attached hydrogen (secondary N) is 1. The van der Waals surface area contributed by atoms with E-state index in [1.807, 2.05) is 69.3 Å². The normalized spacial score (nSPS) is 16.2. The summed E-state index contributed by atoms with van der Waals surface area (Å²) in [5.41, 5.74) is 4.41. The van der Waals surface area contributed by atoms with E-state index < -0.39 is 6.04 Å². The highest BCUT2D eigenvalue weighted by molar-refractivity contribution is 5.87.